The number of thioether (sulfide) groups is 1. The molecule has 0 aromatic heterocycles. The van der Waals surface area contributed by atoms with E-state index in [4.69, 9.17) is 0 Å². The topological polar surface area (TPSA) is 43.4 Å². The molecule has 0 aliphatic carbocycles. The summed E-state index contributed by atoms with van der Waals surface area (Å²) in [6, 6.07) is 0. The molecule has 0 aromatic carbocycles. The van der Waals surface area contributed by atoms with E-state index in [1.54, 1.807) is 0 Å². The van der Waals surface area contributed by atoms with Crippen LogP contribution in [0.4, 0.5) is 0 Å². The lowest BCUT2D eigenvalue weighted by atomic mass is 10.2. The Morgan fingerprint density at radius 2 is 2.50 bits per heavy atom. The van der Waals surface area contributed by atoms with Crippen LogP contribution in [-0.4, -0.2) is 29.9 Å². The van der Waals surface area contributed by atoms with Crippen molar-refractivity contribution in [2.24, 2.45) is 0 Å². The largest absolute Gasteiger partial charge is 0.468 e. The molecule has 0 bridgehead atoms. The van der Waals surface area contributed by atoms with E-state index < -0.39 is 0 Å². The van der Waals surface area contributed by atoms with E-state index >= 15 is 0 Å². The van der Waals surface area contributed by atoms with Crippen molar-refractivity contribution >= 4 is 23.5 Å². The van der Waals surface area contributed by atoms with Crippen LogP contribution in [0.5, 0.6) is 0 Å². The molecule has 1 saturated heterocycles. The summed E-state index contributed by atoms with van der Waals surface area (Å²) in [6.45, 7) is 0. The van der Waals surface area contributed by atoms with Crippen molar-refractivity contribution < 1.29 is 14.3 Å². The first kappa shape index (κ1) is 7.60. The van der Waals surface area contributed by atoms with Crippen LogP contribution in [-0.2, 0) is 14.3 Å². The number of carbonyl (C=O) groups is 2. The summed E-state index contributed by atoms with van der Waals surface area (Å²) in [7, 11) is 1.34. The molecule has 4 heteroatoms. The Morgan fingerprint density at radius 3 is 2.90 bits per heavy atom. The zero-order valence-corrected chi connectivity index (χ0v) is 6.44. The van der Waals surface area contributed by atoms with Crippen LogP contribution in [0, 0.1) is 0 Å². The molecule has 1 unspecified atom stereocenters. The lowest BCUT2D eigenvalue weighted by molar-refractivity contribution is -0.140. The van der Waals surface area contributed by atoms with Gasteiger partial charge in [-0.05, 0) is 0 Å². The summed E-state index contributed by atoms with van der Waals surface area (Å²) in [5.41, 5.74) is 0. The van der Waals surface area contributed by atoms with E-state index in [9.17, 15) is 9.59 Å². The van der Waals surface area contributed by atoms with Gasteiger partial charge in [0, 0.05) is 6.42 Å². The van der Waals surface area contributed by atoms with E-state index in [0.29, 0.717) is 12.2 Å². The normalized spacial score (nSPS) is 24.9. The van der Waals surface area contributed by atoms with Crippen molar-refractivity contribution in [1.29, 1.82) is 0 Å². The van der Waals surface area contributed by atoms with Gasteiger partial charge in [-0.25, -0.2) is 0 Å². The number of carbonyl (C=O) groups excluding carboxylic acids is 2. The van der Waals surface area contributed by atoms with Gasteiger partial charge in [-0.2, -0.15) is 0 Å². The number of rotatable bonds is 1. The highest BCUT2D eigenvalue weighted by Gasteiger charge is 2.29. The van der Waals surface area contributed by atoms with Crippen LogP contribution in [0.1, 0.15) is 6.42 Å². The molecule has 0 amide bonds. The first-order valence-corrected chi connectivity index (χ1v) is 4.00. The fourth-order valence-corrected chi connectivity index (χ4v) is 1.84. The maximum Gasteiger partial charge on any atom is 0.319 e. The predicted molar refractivity (Wildman–Crippen MR) is 37.9 cm³/mol. The summed E-state index contributed by atoms with van der Waals surface area (Å²) in [4.78, 5) is 21.4. The second-order valence-electron chi connectivity index (χ2n) is 2.07. The van der Waals surface area contributed by atoms with E-state index in [1.165, 1.54) is 18.9 Å². The van der Waals surface area contributed by atoms with E-state index in [2.05, 4.69) is 4.74 Å². The van der Waals surface area contributed by atoms with Crippen LogP contribution in [0.2, 0.25) is 0 Å². The van der Waals surface area contributed by atoms with Crippen LogP contribution in [0.15, 0.2) is 0 Å². The van der Waals surface area contributed by atoms with Crippen molar-refractivity contribution in [2.75, 3.05) is 12.9 Å². The molecule has 1 aliphatic heterocycles. The standard InChI is InChI=1S/C6H8O3S/c1-9-6(8)5-2-4(7)3-10-5/h5H,2-3H2,1H3. The Hall–Kier alpha value is -0.510. The Morgan fingerprint density at radius 1 is 1.80 bits per heavy atom. The quantitative estimate of drug-likeness (QED) is 0.515. The van der Waals surface area contributed by atoms with Crippen molar-refractivity contribution in [3.63, 3.8) is 0 Å². The van der Waals surface area contributed by atoms with Crippen LogP contribution >= 0.6 is 11.8 Å². The van der Waals surface area contributed by atoms with Gasteiger partial charge in [0.05, 0.1) is 12.9 Å². The number of hydrogen-bond donors (Lipinski definition) is 0. The summed E-state index contributed by atoms with van der Waals surface area (Å²) >= 11 is 1.36. The molecule has 0 radical (unpaired) electrons. The molecule has 0 saturated carbocycles. The summed E-state index contributed by atoms with van der Waals surface area (Å²) in [5.74, 6) is 0.316. The first-order valence-electron chi connectivity index (χ1n) is 2.95. The molecule has 10 heavy (non-hydrogen) atoms. The third-order valence-electron chi connectivity index (χ3n) is 1.32. The van der Waals surface area contributed by atoms with Gasteiger partial charge in [-0.15, -0.1) is 11.8 Å². The van der Waals surface area contributed by atoms with Crippen molar-refractivity contribution in [1.82, 2.24) is 0 Å². The van der Waals surface area contributed by atoms with Crippen molar-refractivity contribution in [3.8, 4) is 0 Å². The van der Waals surface area contributed by atoms with Crippen molar-refractivity contribution in [3.05, 3.63) is 0 Å². The minimum atomic E-state index is -0.282. The first-order chi connectivity index (χ1) is 4.74. The number of ketones is 1. The monoisotopic (exact) mass is 160 g/mol. The molecule has 1 aliphatic rings. The Labute approximate surface area is 63.1 Å². The van der Waals surface area contributed by atoms with Gasteiger partial charge in [-0.1, -0.05) is 0 Å². The van der Waals surface area contributed by atoms with Gasteiger partial charge in [-0.3, -0.25) is 9.59 Å². The lowest BCUT2D eigenvalue weighted by Gasteiger charge is -2.02. The lowest BCUT2D eigenvalue weighted by Crippen LogP contribution is -2.16. The van der Waals surface area contributed by atoms with Gasteiger partial charge in [0.15, 0.2) is 0 Å². The SMILES string of the molecule is COC(=O)C1CC(=O)CS1. The second-order valence-corrected chi connectivity index (χ2v) is 3.26. The van der Waals surface area contributed by atoms with Crippen LogP contribution < -0.4 is 0 Å². The molecule has 1 fully saturated rings. The highest BCUT2D eigenvalue weighted by atomic mass is 32.2. The molecule has 3 nitrogen and oxygen atoms in total. The molecule has 0 spiro atoms. The molecule has 1 atom stereocenters. The third kappa shape index (κ3) is 1.50. The summed E-state index contributed by atoms with van der Waals surface area (Å²) in [5, 5.41) is -0.238. The summed E-state index contributed by atoms with van der Waals surface area (Å²) in [6.07, 6.45) is 0.345. The Kier molecular flexibility index (Phi) is 2.32. The zero-order chi connectivity index (χ0) is 7.56. The Bertz CT molecular complexity index is 166. The van der Waals surface area contributed by atoms with Gasteiger partial charge < -0.3 is 4.74 Å². The molecule has 0 N–H and O–H groups in total. The molecule has 1 rings (SSSR count). The molecular formula is C6H8O3S. The average molecular weight is 160 g/mol. The molecule has 1 heterocycles. The van der Waals surface area contributed by atoms with E-state index in [-0.39, 0.29) is 17.0 Å². The van der Waals surface area contributed by atoms with Gasteiger partial charge in [0.2, 0.25) is 0 Å². The number of Topliss-reactive ketones (excluding diaryl/α,β-unsaturated/α-hetero) is 1. The highest BCUT2D eigenvalue weighted by Crippen LogP contribution is 2.24. The zero-order valence-electron chi connectivity index (χ0n) is 5.62. The number of hydrogen-bond acceptors (Lipinski definition) is 4. The van der Waals surface area contributed by atoms with Gasteiger partial charge in [0.25, 0.3) is 0 Å². The smallest absolute Gasteiger partial charge is 0.319 e. The number of esters is 1. The Balaban J connectivity index is 2.44. The molecule has 0 aromatic rings. The number of methoxy groups -OCH3 is 1. The highest BCUT2D eigenvalue weighted by molar-refractivity contribution is 8.01. The third-order valence-corrected chi connectivity index (χ3v) is 2.57. The van der Waals surface area contributed by atoms with E-state index in [1.807, 2.05) is 0 Å². The average Bonchev–Trinajstić information content (AvgIpc) is 2.34. The van der Waals surface area contributed by atoms with Crippen LogP contribution in [0.3, 0.4) is 0 Å². The maximum atomic E-state index is 10.8. The molecule has 56 valence electrons. The van der Waals surface area contributed by atoms with Gasteiger partial charge in [0.1, 0.15) is 11.0 Å². The van der Waals surface area contributed by atoms with E-state index in [0.717, 1.165) is 0 Å². The molecular weight excluding hydrogens is 152 g/mol. The maximum absolute atomic E-state index is 10.8. The minimum Gasteiger partial charge on any atom is -0.468 e. The van der Waals surface area contributed by atoms with Gasteiger partial charge >= 0.3 is 5.97 Å². The number of ether oxygens (including phenoxy) is 1. The fraction of sp³-hybridized carbons (Fsp3) is 0.667. The minimum absolute atomic E-state index is 0.139. The van der Waals surface area contributed by atoms with Crippen molar-refractivity contribution in [2.45, 2.75) is 11.7 Å². The fourth-order valence-electron chi connectivity index (χ4n) is 0.801. The van der Waals surface area contributed by atoms with Crippen LogP contribution in [0.25, 0.3) is 0 Å². The summed E-state index contributed by atoms with van der Waals surface area (Å²) < 4.78 is 4.47. The second kappa shape index (κ2) is 3.05. The predicted octanol–water partition coefficient (Wildman–Crippen LogP) is 0.234.